The zero-order valence-corrected chi connectivity index (χ0v) is 14.6. The van der Waals surface area contributed by atoms with Crippen LogP contribution < -0.4 is 0 Å². The summed E-state index contributed by atoms with van der Waals surface area (Å²) in [5.41, 5.74) is 4.38. The van der Waals surface area contributed by atoms with E-state index in [1.54, 1.807) is 6.33 Å². The van der Waals surface area contributed by atoms with Crippen molar-refractivity contribution in [2.45, 2.75) is 60.4 Å². The van der Waals surface area contributed by atoms with Gasteiger partial charge in [0, 0.05) is 17.7 Å². The standard InChI is InChI=1S/C17H25N5/c1-10(2)8-21-12(4)11(3)13-14(21)18-9-22-15(13)19-16(20-22)17(5,6)7/h9-10H,8H2,1-7H3. The molecule has 3 rings (SSSR count). The van der Waals surface area contributed by atoms with E-state index in [9.17, 15) is 0 Å². The molecule has 0 aliphatic rings. The number of aryl methyl sites for hydroxylation is 1. The summed E-state index contributed by atoms with van der Waals surface area (Å²) in [5, 5.41) is 5.74. The summed E-state index contributed by atoms with van der Waals surface area (Å²) in [7, 11) is 0. The van der Waals surface area contributed by atoms with E-state index in [1.807, 2.05) is 4.52 Å². The molecule has 3 heterocycles. The molecule has 0 aliphatic heterocycles. The normalized spacial score (nSPS) is 12.9. The highest BCUT2D eigenvalue weighted by atomic mass is 15.3. The maximum atomic E-state index is 4.81. The zero-order chi connectivity index (χ0) is 16.2. The molecule has 0 saturated carbocycles. The van der Waals surface area contributed by atoms with Crippen molar-refractivity contribution in [2.24, 2.45) is 5.92 Å². The van der Waals surface area contributed by atoms with Crippen LogP contribution in [0.1, 0.15) is 51.7 Å². The molecular formula is C17H25N5. The Balaban J connectivity index is 2.35. The molecular weight excluding hydrogens is 274 g/mol. The van der Waals surface area contributed by atoms with Gasteiger partial charge in [0.25, 0.3) is 0 Å². The number of rotatable bonds is 2. The molecule has 0 radical (unpaired) electrons. The van der Waals surface area contributed by atoms with Crippen molar-refractivity contribution in [3.8, 4) is 0 Å². The zero-order valence-electron chi connectivity index (χ0n) is 14.6. The van der Waals surface area contributed by atoms with Gasteiger partial charge in [0.2, 0.25) is 0 Å². The lowest BCUT2D eigenvalue weighted by molar-refractivity contribution is 0.524. The third kappa shape index (κ3) is 2.19. The molecule has 0 aliphatic carbocycles. The van der Waals surface area contributed by atoms with E-state index in [4.69, 9.17) is 4.98 Å². The first kappa shape index (κ1) is 15.0. The van der Waals surface area contributed by atoms with Crippen molar-refractivity contribution >= 4 is 16.7 Å². The van der Waals surface area contributed by atoms with Crippen molar-refractivity contribution in [1.82, 2.24) is 24.1 Å². The van der Waals surface area contributed by atoms with E-state index in [0.29, 0.717) is 5.92 Å². The van der Waals surface area contributed by atoms with E-state index in [-0.39, 0.29) is 5.41 Å². The minimum Gasteiger partial charge on any atom is -0.329 e. The van der Waals surface area contributed by atoms with Gasteiger partial charge in [0.05, 0.1) is 5.39 Å². The molecule has 5 nitrogen and oxygen atoms in total. The SMILES string of the molecule is Cc1c(C)n(CC(C)C)c2ncn3nc(C(C)(C)C)nc3c12. The predicted molar refractivity (Wildman–Crippen MR) is 89.3 cm³/mol. The molecule has 5 heteroatoms. The van der Waals surface area contributed by atoms with Gasteiger partial charge in [-0.15, -0.1) is 5.10 Å². The van der Waals surface area contributed by atoms with Crippen LogP contribution in [0.15, 0.2) is 6.33 Å². The Labute approximate surface area is 131 Å². The highest BCUT2D eigenvalue weighted by molar-refractivity contribution is 5.93. The van der Waals surface area contributed by atoms with Crippen molar-refractivity contribution in [3.63, 3.8) is 0 Å². The lowest BCUT2D eigenvalue weighted by Crippen LogP contribution is -2.13. The second-order valence-corrected chi connectivity index (χ2v) is 7.61. The van der Waals surface area contributed by atoms with Crippen LogP contribution in [0.4, 0.5) is 0 Å². The van der Waals surface area contributed by atoms with Crippen molar-refractivity contribution in [2.75, 3.05) is 0 Å². The first-order valence-electron chi connectivity index (χ1n) is 7.91. The van der Waals surface area contributed by atoms with Gasteiger partial charge in [-0.05, 0) is 25.3 Å². The molecule has 0 N–H and O–H groups in total. The summed E-state index contributed by atoms with van der Waals surface area (Å²) >= 11 is 0. The van der Waals surface area contributed by atoms with Crippen LogP contribution in [0, 0.1) is 19.8 Å². The van der Waals surface area contributed by atoms with Gasteiger partial charge < -0.3 is 4.57 Å². The Kier molecular flexibility index (Phi) is 3.27. The Morgan fingerprint density at radius 3 is 2.41 bits per heavy atom. The third-order valence-electron chi connectivity index (χ3n) is 4.16. The minimum atomic E-state index is -0.0677. The summed E-state index contributed by atoms with van der Waals surface area (Å²) in [6, 6.07) is 0. The summed E-state index contributed by atoms with van der Waals surface area (Å²) in [6.45, 7) is 16.2. The molecule has 0 saturated heterocycles. The quantitative estimate of drug-likeness (QED) is 0.725. The van der Waals surface area contributed by atoms with Crippen molar-refractivity contribution < 1.29 is 0 Å². The van der Waals surface area contributed by atoms with Crippen LogP contribution in [0.3, 0.4) is 0 Å². The third-order valence-corrected chi connectivity index (χ3v) is 4.16. The fourth-order valence-electron chi connectivity index (χ4n) is 2.84. The lowest BCUT2D eigenvalue weighted by atomic mass is 9.96. The van der Waals surface area contributed by atoms with E-state index in [1.165, 1.54) is 11.3 Å². The van der Waals surface area contributed by atoms with Gasteiger partial charge in [-0.1, -0.05) is 34.6 Å². The molecule has 0 bridgehead atoms. The summed E-state index contributed by atoms with van der Waals surface area (Å²) in [5.74, 6) is 1.44. The number of nitrogens with zero attached hydrogens (tertiary/aromatic N) is 5. The highest BCUT2D eigenvalue weighted by Crippen LogP contribution is 2.29. The van der Waals surface area contributed by atoms with Crippen LogP contribution in [0.25, 0.3) is 16.7 Å². The average Bonchev–Trinajstić information content (AvgIpc) is 2.93. The Morgan fingerprint density at radius 2 is 1.82 bits per heavy atom. The summed E-state index contributed by atoms with van der Waals surface area (Å²) < 4.78 is 4.12. The van der Waals surface area contributed by atoms with Crippen molar-refractivity contribution in [1.29, 1.82) is 0 Å². The number of aromatic nitrogens is 5. The van der Waals surface area contributed by atoms with Gasteiger partial charge in [0.1, 0.15) is 12.0 Å². The smallest absolute Gasteiger partial charge is 0.168 e. The lowest BCUT2D eigenvalue weighted by Gasteiger charge is -2.11. The van der Waals surface area contributed by atoms with Gasteiger partial charge in [-0.3, -0.25) is 0 Å². The monoisotopic (exact) mass is 299 g/mol. The second kappa shape index (κ2) is 4.80. The summed E-state index contributed by atoms with van der Waals surface area (Å²) in [4.78, 5) is 9.47. The molecule has 0 aromatic carbocycles. The fourth-order valence-corrected chi connectivity index (χ4v) is 2.84. The largest absolute Gasteiger partial charge is 0.329 e. The van der Waals surface area contributed by atoms with E-state index < -0.39 is 0 Å². The molecule has 22 heavy (non-hydrogen) atoms. The van der Waals surface area contributed by atoms with Crippen LogP contribution in [-0.4, -0.2) is 24.1 Å². The van der Waals surface area contributed by atoms with Crippen LogP contribution >= 0.6 is 0 Å². The Morgan fingerprint density at radius 1 is 1.14 bits per heavy atom. The van der Waals surface area contributed by atoms with Gasteiger partial charge >= 0.3 is 0 Å². The maximum absolute atomic E-state index is 4.81. The van der Waals surface area contributed by atoms with E-state index in [2.05, 4.69) is 63.1 Å². The molecule has 0 fully saturated rings. The number of hydrogen-bond donors (Lipinski definition) is 0. The highest BCUT2D eigenvalue weighted by Gasteiger charge is 2.23. The van der Waals surface area contributed by atoms with E-state index >= 15 is 0 Å². The molecule has 118 valence electrons. The fraction of sp³-hybridized carbons (Fsp3) is 0.588. The van der Waals surface area contributed by atoms with Gasteiger partial charge in [0.15, 0.2) is 11.5 Å². The Hall–Kier alpha value is -1.91. The average molecular weight is 299 g/mol. The van der Waals surface area contributed by atoms with Crippen LogP contribution in [0.5, 0.6) is 0 Å². The molecule has 0 unspecified atom stereocenters. The topological polar surface area (TPSA) is 48.0 Å². The number of fused-ring (bicyclic) bond motifs is 3. The van der Waals surface area contributed by atoms with Crippen molar-refractivity contribution in [3.05, 3.63) is 23.4 Å². The Bertz CT molecular complexity index is 846. The van der Waals surface area contributed by atoms with Crippen LogP contribution in [0.2, 0.25) is 0 Å². The first-order valence-corrected chi connectivity index (χ1v) is 7.91. The molecule has 0 spiro atoms. The van der Waals surface area contributed by atoms with Crippen LogP contribution in [-0.2, 0) is 12.0 Å². The first-order chi connectivity index (χ1) is 10.2. The van der Waals surface area contributed by atoms with E-state index in [0.717, 1.165) is 29.0 Å². The second-order valence-electron chi connectivity index (χ2n) is 7.61. The number of hydrogen-bond acceptors (Lipinski definition) is 3. The molecule has 3 aromatic rings. The minimum absolute atomic E-state index is 0.0677. The van der Waals surface area contributed by atoms with Gasteiger partial charge in [-0.25, -0.2) is 14.5 Å². The predicted octanol–water partition coefficient (Wildman–Crippen LogP) is 3.65. The molecule has 3 aromatic heterocycles. The molecule has 0 amide bonds. The summed E-state index contributed by atoms with van der Waals surface area (Å²) in [6.07, 6.45) is 1.79. The molecule has 0 atom stereocenters. The van der Waals surface area contributed by atoms with Gasteiger partial charge in [-0.2, -0.15) is 0 Å². The maximum Gasteiger partial charge on any atom is 0.168 e.